The third-order valence-electron chi connectivity index (χ3n) is 2.63. The van der Waals surface area contributed by atoms with Crippen LogP contribution in [0.15, 0.2) is 18.2 Å². The number of hydrogen-bond donors (Lipinski definition) is 2. The number of amides is 1. The van der Waals surface area contributed by atoms with E-state index in [9.17, 15) is 4.79 Å². The van der Waals surface area contributed by atoms with E-state index in [1.165, 1.54) is 0 Å². The molecule has 0 radical (unpaired) electrons. The van der Waals surface area contributed by atoms with Gasteiger partial charge in [-0.3, -0.25) is 4.79 Å². The van der Waals surface area contributed by atoms with Gasteiger partial charge in [0.1, 0.15) is 5.75 Å². The molecule has 1 aromatic rings. The Morgan fingerprint density at radius 1 is 1.44 bits per heavy atom. The van der Waals surface area contributed by atoms with Crippen molar-refractivity contribution < 1.29 is 9.53 Å². The molecular formula is C14H22N2O2. The zero-order chi connectivity index (χ0) is 13.8. The molecule has 0 bridgehead atoms. The first-order valence-electron chi connectivity index (χ1n) is 6.05. The number of hydrogen-bond acceptors (Lipinski definition) is 3. The maximum absolute atomic E-state index is 11.8. The summed E-state index contributed by atoms with van der Waals surface area (Å²) in [6, 6.07) is 5.67. The third kappa shape index (κ3) is 4.75. The fourth-order valence-electron chi connectivity index (χ4n) is 1.55. The number of anilines is 1. The molecule has 0 heterocycles. The van der Waals surface area contributed by atoms with Gasteiger partial charge in [0, 0.05) is 12.0 Å². The van der Waals surface area contributed by atoms with Gasteiger partial charge in [0.2, 0.25) is 5.91 Å². The molecule has 0 aromatic heterocycles. The first-order chi connectivity index (χ1) is 8.31. The lowest BCUT2D eigenvalue weighted by molar-refractivity contribution is -0.116. The Kier molecular flexibility index (Phi) is 4.73. The van der Waals surface area contributed by atoms with Crippen molar-refractivity contribution in [2.75, 3.05) is 12.4 Å². The first kappa shape index (κ1) is 14.5. The highest BCUT2D eigenvalue weighted by Gasteiger charge is 2.14. The molecule has 100 valence electrons. The Morgan fingerprint density at radius 3 is 2.67 bits per heavy atom. The van der Waals surface area contributed by atoms with Gasteiger partial charge in [-0.15, -0.1) is 0 Å². The fourth-order valence-corrected chi connectivity index (χ4v) is 1.55. The molecule has 0 aliphatic carbocycles. The fraction of sp³-hybridized carbons (Fsp3) is 0.500. The lowest BCUT2D eigenvalue weighted by Gasteiger charge is -2.18. The Balaban J connectivity index is 2.64. The normalized spacial score (nSPS) is 11.2. The van der Waals surface area contributed by atoms with Crippen molar-refractivity contribution in [3.05, 3.63) is 23.8 Å². The van der Waals surface area contributed by atoms with E-state index in [1.54, 1.807) is 7.11 Å². The van der Waals surface area contributed by atoms with Crippen LogP contribution in [-0.4, -0.2) is 18.6 Å². The summed E-state index contributed by atoms with van der Waals surface area (Å²) in [4.78, 5) is 11.8. The quantitative estimate of drug-likeness (QED) is 0.843. The van der Waals surface area contributed by atoms with Crippen LogP contribution >= 0.6 is 0 Å². The van der Waals surface area contributed by atoms with Gasteiger partial charge in [0.05, 0.1) is 12.8 Å². The van der Waals surface area contributed by atoms with Gasteiger partial charge in [-0.25, -0.2) is 0 Å². The van der Waals surface area contributed by atoms with E-state index in [1.807, 2.05) is 39.0 Å². The predicted molar refractivity (Wildman–Crippen MR) is 73.9 cm³/mol. The van der Waals surface area contributed by atoms with Gasteiger partial charge in [-0.2, -0.15) is 0 Å². The Bertz CT molecular complexity index is 422. The Hall–Kier alpha value is -1.55. The summed E-state index contributed by atoms with van der Waals surface area (Å²) in [5, 5.41) is 2.84. The zero-order valence-corrected chi connectivity index (χ0v) is 11.5. The van der Waals surface area contributed by atoms with E-state index in [0.717, 1.165) is 5.56 Å². The minimum atomic E-state index is -0.325. The maximum Gasteiger partial charge on any atom is 0.224 e. The minimum absolute atomic E-state index is 0.0457. The molecule has 1 amide bonds. The SMILES string of the molecule is COc1cc(C)ccc1NC(=O)CCC(C)(C)N. The predicted octanol–water partition coefficient (Wildman–Crippen LogP) is 2.46. The molecule has 0 atom stereocenters. The lowest BCUT2D eigenvalue weighted by atomic mass is 10.00. The van der Waals surface area contributed by atoms with Crippen LogP contribution in [0.25, 0.3) is 0 Å². The lowest BCUT2D eigenvalue weighted by Crippen LogP contribution is -2.33. The number of benzene rings is 1. The van der Waals surface area contributed by atoms with Gasteiger partial charge in [0.15, 0.2) is 0 Å². The van der Waals surface area contributed by atoms with Crippen molar-refractivity contribution in [1.82, 2.24) is 0 Å². The number of aryl methyl sites for hydroxylation is 1. The third-order valence-corrected chi connectivity index (χ3v) is 2.63. The number of nitrogens with two attached hydrogens (primary N) is 1. The molecule has 0 saturated carbocycles. The first-order valence-corrected chi connectivity index (χ1v) is 6.05. The van der Waals surface area contributed by atoms with Crippen LogP contribution in [0.1, 0.15) is 32.3 Å². The molecule has 0 aliphatic heterocycles. The smallest absolute Gasteiger partial charge is 0.224 e. The largest absolute Gasteiger partial charge is 0.495 e. The van der Waals surface area contributed by atoms with Gasteiger partial charge in [-0.05, 0) is 44.9 Å². The summed E-state index contributed by atoms with van der Waals surface area (Å²) in [6.45, 7) is 5.80. The molecule has 0 unspecified atom stereocenters. The molecule has 18 heavy (non-hydrogen) atoms. The standard InChI is InChI=1S/C14H22N2O2/c1-10-5-6-11(12(9-10)18-4)16-13(17)7-8-14(2,3)15/h5-6,9H,7-8,15H2,1-4H3,(H,16,17). The van der Waals surface area contributed by atoms with Crippen LogP contribution in [-0.2, 0) is 4.79 Å². The molecule has 0 fully saturated rings. The summed E-state index contributed by atoms with van der Waals surface area (Å²) in [6.07, 6.45) is 1.05. The topological polar surface area (TPSA) is 64.3 Å². The van der Waals surface area contributed by atoms with Crippen molar-refractivity contribution in [2.45, 2.75) is 39.2 Å². The van der Waals surface area contributed by atoms with E-state index in [0.29, 0.717) is 24.3 Å². The monoisotopic (exact) mass is 250 g/mol. The highest BCUT2D eigenvalue weighted by atomic mass is 16.5. The number of nitrogens with one attached hydrogen (secondary N) is 1. The van der Waals surface area contributed by atoms with Gasteiger partial charge in [-0.1, -0.05) is 6.07 Å². The van der Waals surface area contributed by atoms with Gasteiger partial charge < -0.3 is 15.8 Å². The highest BCUT2D eigenvalue weighted by molar-refractivity contribution is 5.92. The van der Waals surface area contributed by atoms with Crippen LogP contribution in [0.3, 0.4) is 0 Å². The van der Waals surface area contributed by atoms with Crippen molar-refractivity contribution in [2.24, 2.45) is 5.73 Å². The van der Waals surface area contributed by atoms with Gasteiger partial charge >= 0.3 is 0 Å². The second-order valence-corrected chi connectivity index (χ2v) is 5.24. The van der Waals surface area contributed by atoms with E-state index < -0.39 is 0 Å². The molecule has 1 rings (SSSR count). The average molecular weight is 250 g/mol. The van der Waals surface area contributed by atoms with Crippen LogP contribution in [0.5, 0.6) is 5.75 Å². The van der Waals surface area contributed by atoms with Crippen molar-refractivity contribution in [3.8, 4) is 5.75 Å². The molecule has 0 spiro atoms. The molecule has 4 nitrogen and oxygen atoms in total. The number of carbonyl (C=O) groups is 1. The summed E-state index contributed by atoms with van der Waals surface area (Å²) >= 11 is 0. The van der Waals surface area contributed by atoms with E-state index in [2.05, 4.69) is 5.32 Å². The summed E-state index contributed by atoms with van der Waals surface area (Å²) in [7, 11) is 1.59. The minimum Gasteiger partial charge on any atom is -0.495 e. The maximum atomic E-state index is 11.8. The Labute approximate surface area is 109 Å². The molecular weight excluding hydrogens is 228 g/mol. The Morgan fingerprint density at radius 2 is 2.11 bits per heavy atom. The van der Waals surface area contributed by atoms with Crippen LogP contribution < -0.4 is 15.8 Å². The molecule has 0 aliphatic rings. The van der Waals surface area contributed by atoms with Crippen LogP contribution in [0, 0.1) is 6.92 Å². The summed E-state index contributed by atoms with van der Waals surface area (Å²) in [5.41, 5.74) is 7.31. The second-order valence-electron chi connectivity index (χ2n) is 5.24. The molecule has 4 heteroatoms. The number of carbonyl (C=O) groups excluding carboxylic acids is 1. The van der Waals surface area contributed by atoms with Crippen molar-refractivity contribution >= 4 is 11.6 Å². The van der Waals surface area contributed by atoms with E-state index in [-0.39, 0.29) is 11.4 Å². The molecule has 1 aromatic carbocycles. The van der Waals surface area contributed by atoms with Crippen molar-refractivity contribution in [1.29, 1.82) is 0 Å². The highest BCUT2D eigenvalue weighted by Crippen LogP contribution is 2.25. The van der Waals surface area contributed by atoms with Crippen LogP contribution in [0.4, 0.5) is 5.69 Å². The second kappa shape index (κ2) is 5.87. The number of rotatable bonds is 5. The summed E-state index contributed by atoms with van der Waals surface area (Å²) < 4.78 is 5.23. The van der Waals surface area contributed by atoms with Crippen LogP contribution in [0.2, 0.25) is 0 Å². The molecule has 3 N–H and O–H groups in total. The van der Waals surface area contributed by atoms with E-state index in [4.69, 9.17) is 10.5 Å². The zero-order valence-electron chi connectivity index (χ0n) is 11.5. The average Bonchev–Trinajstić information content (AvgIpc) is 2.28. The molecule has 0 saturated heterocycles. The number of ether oxygens (including phenoxy) is 1. The number of methoxy groups -OCH3 is 1. The summed E-state index contributed by atoms with van der Waals surface area (Å²) in [5.74, 6) is 0.631. The van der Waals surface area contributed by atoms with Gasteiger partial charge in [0.25, 0.3) is 0 Å². The van der Waals surface area contributed by atoms with E-state index >= 15 is 0 Å². The van der Waals surface area contributed by atoms with Crippen molar-refractivity contribution in [3.63, 3.8) is 0 Å².